The molecule has 0 aliphatic heterocycles. The molecule has 1 N–H and O–H groups in total. The highest BCUT2D eigenvalue weighted by Gasteiger charge is 2.28. The van der Waals surface area contributed by atoms with Gasteiger partial charge in [-0.05, 0) is 25.0 Å². The Labute approximate surface area is 142 Å². The van der Waals surface area contributed by atoms with Crippen LogP contribution >= 0.6 is 11.3 Å². The van der Waals surface area contributed by atoms with E-state index in [2.05, 4.69) is 15.3 Å². The molecule has 4 rings (SSSR count). The molecule has 3 aromatic rings. The van der Waals surface area contributed by atoms with Gasteiger partial charge in [0.05, 0.1) is 10.9 Å². The molecule has 0 unspecified atom stereocenters. The SMILES string of the molecule is O=C(CCc1nc2ccccc2c(=O)n1C1CC1)Nc1nccs1. The fourth-order valence-corrected chi connectivity index (χ4v) is 3.31. The van der Waals surface area contributed by atoms with Gasteiger partial charge in [-0.2, -0.15) is 0 Å². The summed E-state index contributed by atoms with van der Waals surface area (Å²) in [5.41, 5.74) is 0.688. The molecule has 7 heteroatoms. The summed E-state index contributed by atoms with van der Waals surface area (Å²) in [5, 5.41) is 5.80. The molecule has 1 aromatic carbocycles. The van der Waals surface area contributed by atoms with E-state index in [0.29, 0.717) is 28.3 Å². The molecular weight excluding hydrogens is 324 g/mol. The molecule has 1 amide bonds. The monoisotopic (exact) mass is 340 g/mol. The fraction of sp³-hybridized carbons (Fsp3) is 0.294. The number of carbonyl (C=O) groups is 1. The molecule has 2 heterocycles. The summed E-state index contributed by atoms with van der Waals surface area (Å²) in [6, 6.07) is 7.60. The van der Waals surface area contributed by atoms with Crippen molar-refractivity contribution in [2.75, 3.05) is 5.32 Å². The predicted octanol–water partition coefficient (Wildman–Crippen LogP) is 2.76. The van der Waals surface area contributed by atoms with Gasteiger partial charge in [-0.3, -0.25) is 14.2 Å². The molecule has 1 fully saturated rings. The lowest BCUT2D eigenvalue weighted by atomic mass is 10.2. The van der Waals surface area contributed by atoms with E-state index in [0.717, 1.165) is 12.8 Å². The van der Waals surface area contributed by atoms with Crippen LogP contribution in [0.2, 0.25) is 0 Å². The van der Waals surface area contributed by atoms with E-state index < -0.39 is 0 Å². The second kappa shape index (κ2) is 6.16. The molecule has 1 aliphatic carbocycles. The Morgan fingerprint density at radius 1 is 1.33 bits per heavy atom. The van der Waals surface area contributed by atoms with Gasteiger partial charge in [0.1, 0.15) is 5.82 Å². The maximum atomic E-state index is 12.7. The van der Waals surface area contributed by atoms with E-state index in [1.165, 1.54) is 11.3 Å². The maximum Gasteiger partial charge on any atom is 0.261 e. The number of amides is 1. The zero-order valence-corrected chi connectivity index (χ0v) is 13.8. The minimum atomic E-state index is -0.116. The van der Waals surface area contributed by atoms with Crippen molar-refractivity contribution in [1.29, 1.82) is 0 Å². The number of aryl methyl sites for hydroxylation is 1. The third-order valence-electron chi connectivity index (χ3n) is 4.05. The Kier molecular flexibility index (Phi) is 3.86. The standard InChI is InChI=1S/C17H16N4O2S/c22-15(20-17-18-9-10-24-17)8-7-14-19-13-4-2-1-3-12(13)16(23)21(14)11-5-6-11/h1-4,9-11H,5-8H2,(H,18,20,22). The summed E-state index contributed by atoms with van der Waals surface area (Å²) >= 11 is 1.38. The Bertz CT molecular complexity index is 945. The Morgan fingerprint density at radius 2 is 2.17 bits per heavy atom. The van der Waals surface area contributed by atoms with Crippen LogP contribution in [0.25, 0.3) is 10.9 Å². The number of nitrogens with one attached hydrogen (secondary N) is 1. The van der Waals surface area contributed by atoms with Gasteiger partial charge < -0.3 is 5.32 Å². The number of hydrogen-bond donors (Lipinski definition) is 1. The first kappa shape index (κ1) is 15.0. The van der Waals surface area contributed by atoms with Crippen LogP contribution in [0, 0.1) is 0 Å². The third kappa shape index (κ3) is 2.94. The quantitative estimate of drug-likeness (QED) is 0.775. The van der Waals surface area contributed by atoms with E-state index in [-0.39, 0.29) is 23.9 Å². The van der Waals surface area contributed by atoms with E-state index in [1.807, 2.05) is 29.6 Å². The highest BCUT2D eigenvalue weighted by atomic mass is 32.1. The van der Waals surface area contributed by atoms with Gasteiger partial charge in [0.15, 0.2) is 5.13 Å². The number of aromatic nitrogens is 3. The number of rotatable bonds is 5. The van der Waals surface area contributed by atoms with Crippen LogP contribution in [0.5, 0.6) is 0 Å². The molecular formula is C17H16N4O2S. The number of para-hydroxylation sites is 1. The highest BCUT2D eigenvalue weighted by Crippen LogP contribution is 2.34. The molecule has 0 atom stereocenters. The molecule has 24 heavy (non-hydrogen) atoms. The average molecular weight is 340 g/mol. The molecule has 122 valence electrons. The largest absolute Gasteiger partial charge is 0.302 e. The predicted molar refractivity (Wildman–Crippen MR) is 93.3 cm³/mol. The Balaban J connectivity index is 1.60. The first-order valence-electron chi connectivity index (χ1n) is 7.92. The summed E-state index contributed by atoms with van der Waals surface area (Å²) in [5.74, 6) is 0.574. The molecule has 1 saturated carbocycles. The third-order valence-corrected chi connectivity index (χ3v) is 4.74. The zero-order valence-electron chi connectivity index (χ0n) is 12.9. The molecule has 2 aromatic heterocycles. The van der Waals surface area contributed by atoms with Gasteiger partial charge in [0.2, 0.25) is 5.91 Å². The number of fused-ring (bicyclic) bond motifs is 1. The molecule has 0 spiro atoms. The van der Waals surface area contributed by atoms with Gasteiger partial charge in [0.25, 0.3) is 5.56 Å². The van der Waals surface area contributed by atoms with Gasteiger partial charge in [0, 0.05) is 30.5 Å². The number of benzene rings is 1. The van der Waals surface area contributed by atoms with E-state index >= 15 is 0 Å². The zero-order chi connectivity index (χ0) is 16.5. The summed E-state index contributed by atoms with van der Waals surface area (Å²) < 4.78 is 1.78. The van der Waals surface area contributed by atoms with Crippen molar-refractivity contribution in [3.8, 4) is 0 Å². The fourth-order valence-electron chi connectivity index (χ4n) is 2.77. The first-order chi connectivity index (χ1) is 11.7. The van der Waals surface area contributed by atoms with E-state index in [9.17, 15) is 9.59 Å². The van der Waals surface area contributed by atoms with Crippen molar-refractivity contribution in [3.05, 3.63) is 52.0 Å². The van der Waals surface area contributed by atoms with Crippen molar-refractivity contribution in [2.24, 2.45) is 0 Å². The van der Waals surface area contributed by atoms with Gasteiger partial charge in [-0.25, -0.2) is 9.97 Å². The van der Waals surface area contributed by atoms with Crippen molar-refractivity contribution in [2.45, 2.75) is 31.7 Å². The average Bonchev–Trinajstić information content (AvgIpc) is 3.29. The van der Waals surface area contributed by atoms with Crippen LogP contribution in [0.4, 0.5) is 5.13 Å². The van der Waals surface area contributed by atoms with Crippen LogP contribution in [-0.4, -0.2) is 20.4 Å². The summed E-state index contributed by atoms with van der Waals surface area (Å²) in [6.07, 6.45) is 4.36. The van der Waals surface area contributed by atoms with Crippen LogP contribution in [0.3, 0.4) is 0 Å². The Hall–Kier alpha value is -2.54. The second-order valence-electron chi connectivity index (χ2n) is 5.84. The number of carbonyl (C=O) groups excluding carboxylic acids is 1. The molecule has 0 radical (unpaired) electrons. The lowest BCUT2D eigenvalue weighted by molar-refractivity contribution is -0.116. The maximum absolute atomic E-state index is 12.7. The number of hydrogen-bond acceptors (Lipinski definition) is 5. The minimum Gasteiger partial charge on any atom is -0.302 e. The number of nitrogens with zero attached hydrogens (tertiary/aromatic N) is 3. The van der Waals surface area contributed by atoms with E-state index in [4.69, 9.17) is 0 Å². The summed E-state index contributed by atoms with van der Waals surface area (Å²) in [6.45, 7) is 0. The van der Waals surface area contributed by atoms with Crippen molar-refractivity contribution >= 4 is 33.3 Å². The van der Waals surface area contributed by atoms with Gasteiger partial charge in [-0.15, -0.1) is 11.3 Å². The summed E-state index contributed by atoms with van der Waals surface area (Å²) in [7, 11) is 0. The normalized spacial score (nSPS) is 14.0. The minimum absolute atomic E-state index is 0.00145. The molecule has 0 bridgehead atoms. The lowest BCUT2D eigenvalue weighted by Crippen LogP contribution is -2.25. The van der Waals surface area contributed by atoms with Gasteiger partial charge >= 0.3 is 0 Å². The Morgan fingerprint density at radius 3 is 2.92 bits per heavy atom. The molecule has 1 aliphatic rings. The van der Waals surface area contributed by atoms with E-state index in [1.54, 1.807) is 10.8 Å². The summed E-state index contributed by atoms with van der Waals surface area (Å²) in [4.78, 5) is 33.5. The van der Waals surface area contributed by atoms with Crippen LogP contribution in [0.15, 0.2) is 40.6 Å². The van der Waals surface area contributed by atoms with Crippen molar-refractivity contribution in [3.63, 3.8) is 0 Å². The van der Waals surface area contributed by atoms with Crippen LogP contribution < -0.4 is 10.9 Å². The van der Waals surface area contributed by atoms with Crippen molar-refractivity contribution < 1.29 is 4.79 Å². The number of anilines is 1. The van der Waals surface area contributed by atoms with Crippen LogP contribution in [-0.2, 0) is 11.2 Å². The van der Waals surface area contributed by atoms with Crippen molar-refractivity contribution in [1.82, 2.24) is 14.5 Å². The molecule has 0 saturated heterocycles. The molecule has 6 nitrogen and oxygen atoms in total. The second-order valence-corrected chi connectivity index (χ2v) is 6.73. The topological polar surface area (TPSA) is 76.9 Å². The lowest BCUT2D eigenvalue weighted by Gasteiger charge is -2.12. The smallest absolute Gasteiger partial charge is 0.261 e. The highest BCUT2D eigenvalue weighted by molar-refractivity contribution is 7.13. The van der Waals surface area contributed by atoms with Crippen LogP contribution in [0.1, 0.15) is 31.1 Å². The van der Waals surface area contributed by atoms with Gasteiger partial charge in [-0.1, -0.05) is 12.1 Å². The number of thiazole rings is 1. The first-order valence-corrected chi connectivity index (χ1v) is 8.80.